The molecule has 4 saturated carbocycles. The minimum Gasteiger partial charge on any atom is -0.474 e. The van der Waals surface area contributed by atoms with Crippen molar-refractivity contribution in [3.63, 3.8) is 0 Å². The molecule has 1 saturated heterocycles. The van der Waals surface area contributed by atoms with Gasteiger partial charge in [-0.05, 0) is 79.5 Å². The van der Waals surface area contributed by atoms with Crippen LogP contribution in [0.3, 0.4) is 0 Å². The molecule has 2 aliphatic heterocycles. The largest absolute Gasteiger partial charge is 0.474 e. The second kappa shape index (κ2) is 16.1. The van der Waals surface area contributed by atoms with Gasteiger partial charge in [0.25, 0.3) is 20.2 Å². The van der Waals surface area contributed by atoms with Crippen molar-refractivity contribution in [1.82, 2.24) is 4.90 Å². The summed E-state index contributed by atoms with van der Waals surface area (Å²) in [5.74, 6) is 3.04. The van der Waals surface area contributed by atoms with Crippen LogP contribution in [0.2, 0.25) is 0 Å². The Kier molecular flexibility index (Phi) is 12.3. The summed E-state index contributed by atoms with van der Waals surface area (Å²) in [7, 11) is -8.15. The van der Waals surface area contributed by atoms with Crippen LogP contribution in [0.4, 0.5) is 0 Å². The highest BCUT2D eigenvalue weighted by atomic mass is 32.2. The molecule has 5 fully saturated rings. The topological polar surface area (TPSA) is 124 Å². The van der Waals surface area contributed by atoms with Gasteiger partial charge in [-0.15, -0.1) is 0 Å². The van der Waals surface area contributed by atoms with Gasteiger partial charge in [-0.3, -0.25) is 9.11 Å². The Balaban J connectivity index is 1.26. The molecule has 48 heavy (non-hydrogen) atoms. The molecule has 0 aromatic rings. The summed E-state index contributed by atoms with van der Waals surface area (Å²) in [4.78, 5) is 2.13. The fourth-order valence-electron chi connectivity index (χ4n) is 10.1. The van der Waals surface area contributed by atoms with Crippen molar-refractivity contribution < 1.29 is 35.3 Å². The Morgan fingerprint density at radius 3 is 2.08 bits per heavy atom. The first-order valence-corrected chi connectivity index (χ1v) is 23.1. The second-order valence-electron chi connectivity index (χ2n) is 15.6. The SMILES string of the molecule is CCC(=CC1=[N+](CCCS(=O)(=O)O)C2CC(C3CCCCC3)CCC2S1)C=C1OC2CCC(C3CCCCC3)CC2N1CCS(=O)(=O)O. The van der Waals surface area contributed by atoms with Gasteiger partial charge in [0.15, 0.2) is 11.9 Å². The van der Waals surface area contributed by atoms with E-state index in [0.717, 1.165) is 60.5 Å². The number of ether oxygens (including phenoxy) is 1. The van der Waals surface area contributed by atoms with Crippen LogP contribution in [-0.2, 0) is 25.0 Å². The molecule has 0 spiro atoms. The van der Waals surface area contributed by atoms with E-state index in [1.54, 1.807) is 0 Å². The van der Waals surface area contributed by atoms with Gasteiger partial charge in [-0.25, -0.2) is 4.58 Å². The molecule has 6 rings (SSSR count). The second-order valence-corrected chi connectivity index (χ2v) is 20.0. The third kappa shape index (κ3) is 9.42. The lowest BCUT2D eigenvalue weighted by atomic mass is 9.71. The summed E-state index contributed by atoms with van der Waals surface area (Å²) in [6, 6.07) is 0.476. The Labute approximate surface area is 293 Å². The minimum atomic E-state index is -4.13. The molecule has 272 valence electrons. The van der Waals surface area contributed by atoms with Crippen LogP contribution in [0.5, 0.6) is 0 Å². The zero-order chi connectivity index (χ0) is 33.9. The van der Waals surface area contributed by atoms with Crippen molar-refractivity contribution in [2.24, 2.45) is 23.7 Å². The van der Waals surface area contributed by atoms with E-state index in [1.807, 2.05) is 11.8 Å². The van der Waals surface area contributed by atoms with E-state index in [-0.39, 0.29) is 30.2 Å². The van der Waals surface area contributed by atoms with E-state index in [2.05, 4.69) is 28.6 Å². The van der Waals surface area contributed by atoms with E-state index < -0.39 is 20.2 Å². The quantitative estimate of drug-likeness (QED) is 0.161. The fourth-order valence-corrected chi connectivity index (χ4v) is 12.5. The number of nitrogens with zero attached hydrogens (tertiary/aromatic N) is 2. The molecule has 0 amide bonds. The van der Waals surface area contributed by atoms with Crippen molar-refractivity contribution in [2.45, 2.75) is 146 Å². The van der Waals surface area contributed by atoms with Crippen LogP contribution in [-0.4, -0.2) is 88.5 Å². The first-order chi connectivity index (χ1) is 23.0. The molecule has 2 heterocycles. The van der Waals surface area contributed by atoms with Crippen molar-refractivity contribution in [3.8, 4) is 0 Å². The van der Waals surface area contributed by atoms with E-state index in [1.165, 1.54) is 77.0 Å². The lowest BCUT2D eigenvalue weighted by molar-refractivity contribution is -0.563. The Morgan fingerprint density at radius 2 is 1.46 bits per heavy atom. The van der Waals surface area contributed by atoms with Gasteiger partial charge in [0.05, 0.1) is 22.8 Å². The van der Waals surface area contributed by atoms with Crippen molar-refractivity contribution in [3.05, 3.63) is 23.6 Å². The summed E-state index contributed by atoms with van der Waals surface area (Å²) < 4.78 is 75.3. The van der Waals surface area contributed by atoms with Crippen molar-refractivity contribution in [2.75, 3.05) is 24.6 Å². The fraction of sp³-hybridized carbons (Fsp3) is 0.861. The summed E-state index contributed by atoms with van der Waals surface area (Å²) in [5, 5.41) is 1.64. The smallest absolute Gasteiger partial charge is 0.266 e. The number of fused-ring (bicyclic) bond motifs is 2. The molecule has 4 aliphatic carbocycles. The summed E-state index contributed by atoms with van der Waals surface area (Å²) >= 11 is 1.92. The van der Waals surface area contributed by atoms with Crippen molar-refractivity contribution in [1.29, 1.82) is 0 Å². The molecule has 6 aliphatic rings. The first-order valence-electron chi connectivity index (χ1n) is 19.0. The van der Waals surface area contributed by atoms with Gasteiger partial charge < -0.3 is 9.64 Å². The van der Waals surface area contributed by atoms with E-state index >= 15 is 0 Å². The van der Waals surface area contributed by atoms with Gasteiger partial charge in [0.1, 0.15) is 12.6 Å². The number of hydrogen-bond donors (Lipinski definition) is 2. The third-order valence-electron chi connectivity index (χ3n) is 12.6. The van der Waals surface area contributed by atoms with Gasteiger partial charge in [-0.1, -0.05) is 71.1 Å². The molecule has 6 atom stereocenters. The summed E-state index contributed by atoms with van der Waals surface area (Å²) in [6.07, 6.45) is 25.4. The maximum Gasteiger partial charge on any atom is 0.266 e. The molecule has 2 N–H and O–H groups in total. The lowest BCUT2D eigenvalue weighted by Gasteiger charge is -2.39. The molecular formula is C36H59N2O7S3+. The van der Waals surface area contributed by atoms with Crippen molar-refractivity contribution >= 4 is 37.0 Å². The average Bonchev–Trinajstić information content (AvgIpc) is 3.59. The number of rotatable bonds is 12. The van der Waals surface area contributed by atoms with Crippen LogP contribution in [0.15, 0.2) is 23.6 Å². The Bertz CT molecular complexity index is 1430. The first kappa shape index (κ1) is 36.7. The molecular weight excluding hydrogens is 669 g/mol. The summed E-state index contributed by atoms with van der Waals surface area (Å²) in [6.45, 7) is 2.93. The molecule has 9 nitrogen and oxygen atoms in total. The van der Waals surface area contributed by atoms with Crippen LogP contribution in [0, 0.1) is 23.7 Å². The lowest BCUT2D eigenvalue weighted by Crippen LogP contribution is -2.43. The van der Waals surface area contributed by atoms with E-state index in [9.17, 15) is 25.9 Å². The van der Waals surface area contributed by atoms with E-state index in [0.29, 0.717) is 36.1 Å². The minimum absolute atomic E-state index is 0.0284. The highest BCUT2D eigenvalue weighted by molar-refractivity contribution is 8.14. The van der Waals surface area contributed by atoms with Gasteiger partial charge in [0, 0.05) is 31.5 Å². The molecule has 0 radical (unpaired) electrons. The van der Waals surface area contributed by atoms with E-state index in [4.69, 9.17) is 4.74 Å². The molecule has 12 heteroatoms. The average molecular weight is 728 g/mol. The standard InChI is InChI=1S/C36H58N2O7S3/c1-2-26(22-35-37(19-21-48(42,43)44)31-24-29(14-16-33(31)45-35)27-10-5-3-6-11-27)23-36-38(18-9-20-47(39,40)41)32-25-30(15-17-34(32)46-36)28-12-7-4-8-13-28/h22-23,27-34H,2-21,24-25H2,1H3,(H-,39,40,41,42,43,44)/p+1. The Morgan fingerprint density at radius 1 is 0.833 bits per heavy atom. The zero-order valence-corrected chi connectivity index (χ0v) is 31.3. The maximum atomic E-state index is 11.9. The molecule has 0 aromatic carbocycles. The monoisotopic (exact) mass is 727 g/mol. The van der Waals surface area contributed by atoms with Gasteiger partial charge >= 0.3 is 0 Å². The van der Waals surface area contributed by atoms with Gasteiger partial charge in [-0.2, -0.15) is 16.8 Å². The third-order valence-corrected chi connectivity index (χ3v) is 15.5. The maximum absolute atomic E-state index is 11.9. The van der Waals surface area contributed by atoms with Gasteiger partial charge in [0.2, 0.25) is 5.04 Å². The number of allylic oxidation sites excluding steroid dienone is 2. The Hall–Kier alpha value is -1.08. The molecule has 0 aromatic heterocycles. The molecule has 6 unspecified atom stereocenters. The van der Waals surface area contributed by atoms with Crippen LogP contribution in [0.25, 0.3) is 0 Å². The normalized spacial score (nSPS) is 33.6. The highest BCUT2D eigenvalue weighted by Gasteiger charge is 2.48. The van der Waals surface area contributed by atoms with Crippen LogP contribution in [0.1, 0.15) is 122 Å². The highest BCUT2D eigenvalue weighted by Crippen LogP contribution is 2.46. The zero-order valence-electron chi connectivity index (χ0n) is 28.9. The summed E-state index contributed by atoms with van der Waals surface area (Å²) in [5.41, 5.74) is 1.09. The number of thioether (sulfide) groups is 1. The molecule has 0 bridgehead atoms. The predicted molar refractivity (Wildman–Crippen MR) is 192 cm³/mol. The van der Waals surface area contributed by atoms with Crippen LogP contribution >= 0.6 is 11.8 Å². The number of hydrogen-bond acceptors (Lipinski definition) is 7. The predicted octanol–water partition coefficient (Wildman–Crippen LogP) is 7.06. The van der Waals surface area contributed by atoms with Crippen LogP contribution < -0.4 is 0 Å².